The Morgan fingerprint density at radius 1 is 1.24 bits per heavy atom. The monoisotopic (exact) mass is 323 g/mol. The number of ether oxygens (including phenoxy) is 1. The number of aromatic nitrogens is 2. The highest BCUT2D eigenvalue weighted by molar-refractivity contribution is 7.17. The highest BCUT2D eigenvalue weighted by Crippen LogP contribution is 2.25. The number of carbonyl (C=O) groups excluding carboxylic acids is 1. The van der Waals surface area contributed by atoms with Crippen LogP contribution in [-0.4, -0.2) is 22.2 Å². The quantitative estimate of drug-likeness (QED) is 0.930. The molecule has 0 radical (unpaired) electrons. The molecule has 1 amide bonds. The molecule has 0 saturated heterocycles. The lowest BCUT2D eigenvalue weighted by atomic mass is 10.2. The molecule has 1 saturated carbocycles. The van der Waals surface area contributed by atoms with E-state index < -0.39 is 0 Å². The van der Waals surface area contributed by atoms with E-state index in [0.29, 0.717) is 11.8 Å². The largest absolute Gasteiger partial charge is 0.490 e. The first-order chi connectivity index (χ1) is 10.2. The van der Waals surface area contributed by atoms with Crippen molar-refractivity contribution in [1.29, 1.82) is 0 Å². The van der Waals surface area contributed by atoms with Gasteiger partial charge in [0.15, 0.2) is 0 Å². The van der Waals surface area contributed by atoms with Gasteiger partial charge in [0.2, 0.25) is 9.47 Å². The van der Waals surface area contributed by atoms with Gasteiger partial charge in [0.05, 0.1) is 6.10 Å². The zero-order valence-corrected chi connectivity index (χ0v) is 12.8. The van der Waals surface area contributed by atoms with Gasteiger partial charge in [-0.2, -0.15) is 0 Å². The lowest BCUT2D eigenvalue weighted by molar-refractivity contribution is 0.102. The topological polar surface area (TPSA) is 64.1 Å². The summed E-state index contributed by atoms with van der Waals surface area (Å²) in [5.74, 6) is 0.516. The molecule has 5 nitrogen and oxygen atoms in total. The summed E-state index contributed by atoms with van der Waals surface area (Å²) >= 11 is 6.70. The number of rotatable bonds is 4. The lowest BCUT2D eigenvalue weighted by Crippen LogP contribution is -2.12. The standard InChI is InChI=1S/C14H14ClN3O2S/c15-14-18-17-13(21-14)12(19)16-9-5-7-11(8-6-9)20-10-3-1-2-4-10/h5-8,10H,1-4H2,(H,16,19). The Balaban J connectivity index is 1.60. The molecule has 1 aliphatic rings. The molecule has 0 bridgehead atoms. The normalized spacial score (nSPS) is 15.1. The van der Waals surface area contributed by atoms with Gasteiger partial charge in [0, 0.05) is 5.69 Å². The maximum absolute atomic E-state index is 11.9. The molecule has 1 aliphatic carbocycles. The number of halogens is 1. The molecular formula is C14H14ClN3O2S. The van der Waals surface area contributed by atoms with E-state index in [1.807, 2.05) is 24.3 Å². The molecule has 1 N–H and O–H groups in total. The number of hydrogen-bond acceptors (Lipinski definition) is 5. The van der Waals surface area contributed by atoms with Gasteiger partial charge in [-0.1, -0.05) is 11.3 Å². The first-order valence-electron chi connectivity index (χ1n) is 6.78. The predicted molar refractivity (Wildman–Crippen MR) is 82.2 cm³/mol. The number of hydrogen-bond donors (Lipinski definition) is 1. The van der Waals surface area contributed by atoms with Crippen molar-refractivity contribution < 1.29 is 9.53 Å². The van der Waals surface area contributed by atoms with E-state index in [2.05, 4.69) is 15.5 Å². The van der Waals surface area contributed by atoms with Crippen LogP contribution in [0.5, 0.6) is 5.75 Å². The Morgan fingerprint density at radius 3 is 2.57 bits per heavy atom. The second-order valence-corrected chi connectivity index (χ2v) is 6.42. The number of amides is 1. The minimum atomic E-state index is -0.316. The van der Waals surface area contributed by atoms with Crippen molar-refractivity contribution in [3.8, 4) is 5.75 Å². The molecule has 3 rings (SSSR count). The van der Waals surface area contributed by atoms with E-state index in [-0.39, 0.29) is 15.4 Å². The van der Waals surface area contributed by atoms with Crippen LogP contribution in [0.3, 0.4) is 0 Å². The number of anilines is 1. The molecule has 0 unspecified atom stereocenters. The van der Waals surface area contributed by atoms with Crippen LogP contribution in [0.1, 0.15) is 35.5 Å². The Morgan fingerprint density at radius 2 is 1.95 bits per heavy atom. The van der Waals surface area contributed by atoms with Crippen molar-refractivity contribution >= 4 is 34.5 Å². The summed E-state index contributed by atoms with van der Waals surface area (Å²) in [6, 6.07) is 7.34. The third kappa shape index (κ3) is 3.71. The fourth-order valence-corrected chi connectivity index (χ4v) is 3.02. The van der Waals surface area contributed by atoms with Gasteiger partial charge < -0.3 is 10.1 Å². The van der Waals surface area contributed by atoms with Gasteiger partial charge in [-0.25, -0.2) is 0 Å². The molecule has 1 heterocycles. The average molecular weight is 324 g/mol. The molecule has 7 heteroatoms. The highest BCUT2D eigenvalue weighted by atomic mass is 35.5. The third-order valence-corrected chi connectivity index (χ3v) is 4.33. The first kappa shape index (κ1) is 14.3. The van der Waals surface area contributed by atoms with Gasteiger partial charge in [-0.3, -0.25) is 4.79 Å². The zero-order valence-electron chi connectivity index (χ0n) is 11.2. The molecule has 0 spiro atoms. The summed E-state index contributed by atoms with van der Waals surface area (Å²) < 4.78 is 6.12. The molecule has 1 fully saturated rings. The van der Waals surface area contributed by atoms with Crippen LogP contribution in [0.25, 0.3) is 0 Å². The van der Waals surface area contributed by atoms with Gasteiger partial charge in [-0.15, -0.1) is 10.2 Å². The summed E-state index contributed by atoms with van der Waals surface area (Å²) in [6.45, 7) is 0. The van der Waals surface area contributed by atoms with Crippen LogP contribution in [0, 0.1) is 0 Å². The minimum Gasteiger partial charge on any atom is -0.490 e. The zero-order chi connectivity index (χ0) is 14.7. The minimum absolute atomic E-state index is 0.242. The summed E-state index contributed by atoms with van der Waals surface area (Å²) in [5, 5.41) is 10.3. The number of benzene rings is 1. The second kappa shape index (κ2) is 6.41. The van der Waals surface area contributed by atoms with E-state index in [4.69, 9.17) is 16.3 Å². The molecule has 21 heavy (non-hydrogen) atoms. The van der Waals surface area contributed by atoms with Crippen LogP contribution in [-0.2, 0) is 0 Å². The van der Waals surface area contributed by atoms with E-state index in [9.17, 15) is 4.79 Å². The number of nitrogens with one attached hydrogen (secondary N) is 1. The van der Waals surface area contributed by atoms with E-state index >= 15 is 0 Å². The fourth-order valence-electron chi connectivity index (χ4n) is 2.30. The van der Waals surface area contributed by atoms with E-state index in [1.165, 1.54) is 12.8 Å². The van der Waals surface area contributed by atoms with Crippen LogP contribution < -0.4 is 10.1 Å². The fraction of sp³-hybridized carbons (Fsp3) is 0.357. The summed E-state index contributed by atoms with van der Waals surface area (Å²) in [4.78, 5) is 11.9. The Bertz CT molecular complexity index is 623. The first-order valence-corrected chi connectivity index (χ1v) is 7.97. The third-order valence-electron chi connectivity index (χ3n) is 3.31. The van der Waals surface area contributed by atoms with Crippen LogP contribution in [0.15, 0.2) is 24.3 Å². The van der Waals surface area contributed by atoms with Gasteiger partial charge in [-0.05, 0) is 61.5 Å². The smallest absolute Gasteiger partial charge is 0.286 e. The molecular weight excluding hydrogens is 310 g/mol. The van der Waals surface area contributed by atoms with Crippen molar-refractivity contribution in [2.75, 3.05) is 5.32 Å². The maximum Gasteiger partial charge on any atom is 0.286 e. The maximum atomic E-state index is 11.9. The molecule has 1 aromatic carbocycles. The Kier molecular flexibility index (Phi) is 4.36. The molecule has 2 aromatic rings. The van der Waals surface area contributed by atoms with Gasteiger partial charge in [0.25, 0.3) is 5.91 Å². The number of carbonyl (C=O) groups is 1. The average Bonchev–Trinajstić information content (AvgIpc) is 3.12. The van der Waals surface area contributed by atoms with Crippen molar-refractivity contribution in [3.63, 3.8) is 0 Å². The van der Waals surface area contributed by atoms with Crippen LogP contribution >= 0.6 is 22.9 Å². The van der Waals surface area contributed by atoms with Crippen molar-refractivity contribution in [1.82, 2.24) is 10.2 Å². The molecule has 110 valence electrons. The molecule has 0 aliphatic heterocycles. The van der Waals surface area contributed by atoms with Crippen LogP contribution in [0.4, 0.5) is 5.69 Å². The second-order valence-electron chi connectivity index (χ2n) is 4.86. The summed E-state index contributed by atoms with van der Waals surface area (Å²) in [5.41, 5.74) is 0.685. The lowest BCUT2D eigenvalue weighted by Gasteiger charge is -2.13. The van der Waals surface area contributed by atoms with Gasteiger partial charge in [0.1, 0.15) is 5.75 Å². The SMILES string of the molecule is O=C(Nc1ccc(OC2CCCC2)cc1)c1nnc(Cl)s1. The van der Waals surface area contributed by atoms with Gasteiger partial charge >= 0.3 is 0 Å². The van der Waals surface area contributed by atoms with Crippen molar-refractivity contribution in [3.05, 3.63) is 33.7 Å². The van der Waals surface area contributed by atoms with E-state index in [1.54, 1.807) is 0 Å². The molecule has 1 aromatic heterocycles. The predicted octanol–water partition coefficient (Wildman–Crippen LogP) is 3.77. The van der Waals surface area contributed by atoms with Crippen molar-refractivity contribution in [2.45, 2.75) is 31.8 Å². The van der Waals surface area contributed by atoms with E-state index in [0.717, 1.165) is 29.9 Å². The Hall–Kier alpha value is -1.66. The number of nitrogens with zero attached hydrogens (tertiary/aromatic N) is 2. The highest BCUT2D eigenvalue weighted by Gasteiger charge is 2.16. The summed E-state index contributed by atoms with van der Waals surface area (Å²) in [6.07, 6.45) is 5.05. The Labute approximate surface area is 131 Å². The van der Waals surface area contributed by atoms with Crippen molar-refractivity contribution in [2.24, 2.45) is 0 Å². The molecule has 0 atom stereocenters. The van der Waals surface area contributed by atoms with Crippen LogP contribution in [0.2, 0.25) is 4.47 Å². The summed E-state index contributed by atoms with van der Waals surface area (Å²) in [7, 11) is 0.